The molecule has 0 amide bonds. The summed E-state index contributed by atoms with van der Waals surface area (Å²) in [6.07, 6.45) is 0. The Hall–Kier alpha value is 2.49. The second-order valence-electron chi connectivity index (χ2n) is 0. The van der Waals surface area contributed by atoms with E-state index >= 15 is 0 Å². The van der Waals surface area contributed by atoms with Gasteiger partial charge in [-0.2, -0.15) is 0 Å². The maximum Gasteiger partial charge on any atom is 0 e. The molecule has 0 aromatic rings. The van der Waals surface area contributed by atoms with Gasteiger partial charge in [0.15, 0.2) is 0 Å². The molecule has 7 heteroatoms. The first kappa shape index (κ1) is 110. The third-order valence-corrected chi connectivity index (χ3v) is 0. The minimum Gasteiger partial charge on any atom is -0.870 e. The SMILES string of the molecule is O.[B].[Fe].[Mg].[Na].[OH-].[Si]. The Morgan fingerprint density at radius 3 is 1.00 bits per heavy atom. The van der Waals surface area contributed by atoms with E-state index in [-0.39, 0.29) is 100 Å². The van der Waals surface area contributed by atoms with Crippen LogP contribution in [0.3, 0.4) is 0 Å². The topological polar surface area (TPSA) is 61.5 Å². The number of hydrogen-bond acceptors (Lipinski definition) is 1. The average molecular weight is 177 g/mol. The molecule has 0 aliphatic carbocycles. The van der Waals surface area contributed by atoms with Crippen LogP contribution < -0.4 is 0 Å². The maximum absolute atomic E-state index is 0. The molecule has 0 aliphatic heterocycles. The molecule has 0 aromatic heterocycles. The summed E-state index contributed by atoms with van der Waals surface area (Å²) in [6.45, 7) is 0. The molecule has 10 radical (unpaired) electrons. The van der Waals surface area contributed by atoms with Crippen LogP contribution in [-0.4, -0.2) is 82.9 Å². The van der Waals surface area contributed by atoms with Gasteiger partial charge in [-0.05, 0) is 0 Å². The van der Waals surface area contributed by atoms with E-state index in [1.807, 2.05) is 0 Å². The van der Waals surface area contributed by atoms with Crippen molar-refractivity contribution in [1.82, 2.24) is 0 Å². The Labute approximate surface area is 98.7 Å². The third kappa shape index (κ3) is 57.7. The molecular weight excluding hydrogens is 174 g/mol. The maximum atomic E-state index is 0. The van der Waals surface area contributed by atoms with Crippen molar-refractivity contribution in [3.63, 3.8) is 0 Å². The van der Waals surface area contributed by atoms with E-state index in [1.165, 1.54) is 0 Å². The predicted molar refractivity (Wildman–Crippen MR) is 28.6 cm³/mol. The first-order chi connectivity index (χ1) is 0. The van der Waals surface area contributed by atoms with E-state index in [1.54, 1.807) is 0 Å². The molecule has 0 bridgehead atoms. The second-order valence-corrected chi connectivity index (χ2v) is 0. The van der Waals surface area contributed by atoms with Crippen LogP contribution in [0.2, 0.25) is 0 Å². The van der Waals surface area contributed by atoms with Gasteiger partial charge in [0.05, 0.1) is 0 Å². The van der Waals surface area contributed by atoms with Gasteiger partial charge in [-0.15, -0.1) is 0 Å². The summed E-state index contributed by atoms with van der Waals surface area (Å²) in [4.78, 5) is 0. The zero-order valence-electron chi connectivity index (χ0n) is 4.09. The summed E-state index contributed by atoms with van der Waals surface area (Å²) in [6, 6.07) is 0. The van der Waals surface area contributed by atoms with Crippen molar-refractivity contribution < 1.29 is 28.0 Å². The van der Waals surface area contributed by atoms with E-state index < -0.39 is 0 Å². The molecule has 0 atom stereocenters. The normalized spacial score (nSPS) is 0. The molecule has 0 spiro atoms. The van der Waals surface area contributed by atoms with Gasteiger partial charge in [0.1, 0.15) is 0 Å². The zero-order valence-corrected chi connectivity index (χ0v) is 9.60. The van der Waals surface area contributed by atoms with Crippen LogP contribution in [-0.2, 0) is 17.1 Å². The number of rotatable bonds is 0. The van der Waals surface area contributed by atoms with Crippen molar-refractivity contribution in [3.05, 3.63) is 0 Å². The minimum absolute atomic E-state index is 0. The van der Waals surface area contributed by atoms with Crippen LogP contribution in [0.15, 0.2) is 0 Å². The minimum atomic E-state index is 0. The summed E-state index contributed by atoms with van der Waals surface area (Å²) in [5, 5.41) is 0. The average Bonchev–Trinajstić information content (AvgIpc) is 0. The van der Waals surface area contributed by atoms with E-state index in [4.69, 9.17) is 0 Å². The fourth-order valence-corrected chi connectivity index (χ4v) is 0. The molecule has 7 heavy (non-hydrogen) atoms. The van der Waals surface area contributed by atoms with Gasteiger partial charge >= 0.3 is 0 Å². The van der Waals surface area contributed by atoms with Crippen LogP contribution in [0.5, 0.6) is 0 Å². The summed E-state index contributed by atoms with van der Waals surface area (Å²) in [7, 11) is 0. The summed E-state index contributed by atoms with van der Waals surface area (Å²) in [5.41, 5.74) is 0. The predicted octanol–water partition coefficient (Wildman–Crippen LogP) is -2.53. The van der Waals surface area contributed by atoms with Gasteiger partial charge in [-0.25, -0.2) is 0 Å². The van der Waals surface area contributed by atoms with Crippen LogP contribution in [0.1, 0.15) is 0 Å². The number of hydrogen-bond donors (Lipinski definition) is 0. The van der Waals surface area contributed by atoms with E-state index in [2.05, 4.69) is 0 Å². The quantitative estimate of drug-likeness (QED) is 0.376. The molecule has 34 valence electrons. The monoisotopic (exact) mass is 177 g/mol. The van der Waals surface area contributed by atoms with Crippen LogP contribution in [0.25, 0.3) is 0 Å². The fraction of sp³-hybridized carbons (Fsp3) is 0. The van der Waals surface area contributed by atoms with Gasteiger partial charge in [-0.3, -0.25) is 0 Å². The van der Waals surface area contributed by atoms with Gasteiger partial charge < -0.3 is 11.0 Å². The molecule has 3 N–H and O–H groups in total. The van der Waals surface area contributed by atoms with Gasteiger partial charge in [0, 0.05) is 89.1 Å². The largest absolute Gasteiger partial charge is 0.870 e. The third-order valence-electron chi connectivity index (χ3n) is 0. The molecule has 0 saturated heterocycles. The van der Waals surface area contributed by atoms with Gasteiger partial charge in [0.2, 0.25) is 0 Å². The Balaban J connectivity index is 0. The molecule has 0 aromatic carbocycles. The standard InChI is InChI=1S/B.Fe.Mg.Na.2H2O.Si/h;;;;2*1H2;/p-1. The summed E-state index contributed by atoms with van der Waals surface area (Å²) in [5.74, 6) is 0. The van der Waals surface area contributed by atoms with Crippen LogP contribution in [0.4, 0.5) is 0 Å². The van der Waals surface area contributed by atoms with Crippen molar-refractivity contribution in [2.24, 2.45) is 0 Å². The molecule has 0 fully saturated rings. The van der Waals surface area contributed by atoms with Crippen LogP contribution >= 0.6 is 0 Å². The van der Waals surface area contributed by atoms with Crippen molar-refractivity contribution in [2.75, 3.05) is 0 Å². The Kier molecular flexibility index (Phi) is 1210. The van der Waals surface area contributed by atoms with E-state index in [0.717, 1.165) is 0 Å². The smallest absolute Gasteiger partial charge is 0 e. The fourth-order valence-electron chi connectivity index (χ4n) is 0. The van der Waals surface area contributed by atoms with Crippen molar-refractivity contribution in [3.8, 4) is 0 Å². The van der Waals surface area contributed by atoms with Crippen molar-refractivity contribution in [1.29, 1.82) is 0 Å². The first-order valence-corrected chi connectivity index (χ1v) is 0. The zero-order chi connectivity index (χ0) is 0. The molecule has 0 aliphatic rings. The Morgan fingerprint density at radius 2 is 1.00 bits per heavy atom. The molecule has 2 nitrogen and oxygen atoms in total. The van der Waals surface area contributed by atoms with E-state index in [0.29, 0.717) is 0 Å². The summed E-state index contributed by atoms with van der Waals surface area (Å²) >= 11 is 0. The second kappa shape index (κ2) is 76.9. The Bertz CT molecular complexity index is 17.7. The van der Waals surface area contributed by atoms with Crippen molar-refractivity contribution in [2.45, 2.75) is 0 Å². The molecule has 0 heterocycles. The molecule has 0 rings (SSSR count). The summed E-state index contributed by atoms with van der Waals surface area (Å²) < 4.78 is 0. The van der Waals surface area contributed by atoms with Gasteiger partial charge in [0.25, 0.3) is 0 Å². The van der Waals surface area contributed by atoms with E-state index in [9.17, 15) is 0 Å². The van der Waals surface area contributed by atoms with Crippen molar-refractivity contribution >= 4 is 72.0 Å². The Morgan fingerprint density at radius 1 is 1.00 bits per heavy atom. The molecule has 0 saturated carbocycles. The first-order valence-electron chi connectivity index (χ1n) is 0. The molecular formula is H3BFeMgNaO2Si-. The van der Waals surface area contributed by atoms with Gasteiger partial charge in [-0.1, -0.05) is 0 Å². The molecule has 0 unspecified atom stereocenters. The van der Waals surface area contributed by atoms with Crippen LogP contribution in [0, 0.1) is 0 Å².